The number of ether oxygens (including phenoxy) is 1. The van der Waals surface area contributed by atoms with Crippen LogP contribution in [-0.4, -0.2) is 16.7 Å². The third-order valence-electron chi connectivity index (χ3n) is 3.19. The predicted molar refractivity (Wildman–Crippen MR) is 99.9 cm³/mol. The molecule has 2 aromatic carbocycles. The molecule has 24 heavy (non-hydrogen) atoms. The molecule has 4 nitrogen and oxygen atoms in total. The molecule has 0 saturated heterocycles. The van der Waals surface area contributed by atoms with E-state index in [1.807, 2.05) is 63.2 Å². The van der Waals surface area contributed by atoms with Crippen LogP contribution in [0.25, 0.3) is 21.3 Å². The van der Waals surface area contributed by atoms with E-state index < -0.39 is 11.7 Å². The van der Waals surface area contributed by atoms with Crippen molar-refractivity contribution in [1.29, 1.82) is 0 Å². The Kier molecular flexibility index (Phi) is 4.47. The molecule has 1 amide bonds. The van der Waals surface area contributed by atoms with Crippen molar-refractivity contribution >= 4 is 44.4 Å². The van der Waals surface area contributed by atoms with Gasteiger partial charge in [-0.1, -0.05) is 53.3 Å². The number of hydrogen-bond acceptors (Lipinski definition) is 4. The van der Waals surface area contributed by atoms with Gasteiger partial charge >= 0.3 is 6.09 Å². The molecule has 0 bridgehead atoms. The normalized spacial score (nSPS) is 11.5. The van der Waals surface area contributed by atoms with Crippen molar-refractivity contribution in [2.24, 2.45) is 0 Å². The second-order valence-electron chi connectivity index (χ2n) is 6.28. The van der Waals surface area contributed by atoms with Gasteiger partial charge in [0.15, 0.2) is 5.13 Å². The number of aromatic nitrogens is 1. The molecule has 1 aromatic heterocycles. The van der Waals surface area contributed by atoms with E-state index in [0.717, 1.165) is 21.3 Å². The standard InChI is InChI=1S/C18H17ClN2O2S/c1-18(2,3)23-17(22)21-16-20-14-10-6-8-12(15(14)24-16)11-7-4-5-9-13(11)19/h4-10H,1-3H3,(H,20,21,22). The van der Waals surface area contributed by atoms with Gasteiger partial charge in [0, 0.05) is 16.1 Å². The van der Waals surface area contributed by atoms with E-state index in [4.69, 9.17) is 16.3 Å². The molecule has 0 aliphatic carbocycles. The van der Waals surface area contributed by atoms with Crippen LogP contribution in [0.15, 0.2) is 42.5 Å². The number of rotatable bonds is 2. The Hall–Kier alpha value is -2.11. The van der Waals surface area contributed by atoms with E-state index in [-0.39, 0.29) is 0 Å². The molecular formula is C18H17ClN2O2S. The fraction of sp³-hybridized carbons (Fsp3) is 0.222. The number of amides is 1. The number of anilines is 1. The van der Waals surface area contributed by atoms with E-state index in [1.165, 1.54) is 11.3 Å². The molecule has 3 rings (SSSR count). The lowest BCUT2D eigenvalue weighted by atomic mass is 10.1. The quantitative estimate of drug-likeness (QED) is 0.613. The van der Waals surface area contributed by atoms with E-state index in [9.17, 15) is 4.79 Å². The maximum Gasteiger partial charge on any atom is 0.413 e. The molecule has 0 aliphatic heterocycles. The van der Waals surface area contributed by atoms with Crippen molar-refractivity contribution in [3.05, 3.63) is 47.5 Å². The number of nitrogens with one attached hydrogen (secondary N) is 1. The zero-order valence-electron chi connectivity index (χ0n) is 13.6. The topological polar surface area (TPSA) is 51.2 Å². The highest BCUT2D eigenvalue weighted by molar-refractivity contribution is 7.22. The van der Waals surface area contributed by atoms with Gasteiger partial charge in [-0.2, -0.15) is 0 Å². The number of benzene rings is 2. The second kappa shape index (κ2) is 6.42. The van der Waals surface area contributed by atoms with Gasteiger partial charge in [-0.05, 0) is 32.9 Å². The molecule has 0 spiro atoms. The van der Waals surface area contributed by atoms with Gasteiger partial charge in [-0.25, -0.2) is 9.78 Å². The van der Waals surface area contributed by atoms with Crippen molar-refractivity contribution in [2.75, 3.05) is 5.32 Å². The van der Waals surface area contributed by atoms with Gasteiger partial charge in [-0.15, -0.1) is 0 Å². The molecule has 3 aromatic rings. The van der Waals surface area contributed by atoms with E-state index in [0.29, 0.717) is 10.2 Å². The summed E-state index contributed by atoms with van der Waals surface area (Å²) < 4.78 is 6.24. The Labute approximate surface area is 149 Å². The highest BCUT2D eigenvalue weighted by Crippen LogP contribution is 2.37. The van der Waals surface area contributed by atoms with Gasteiger partial charge in [0.2, 0.25) is 0 Å². The Balaban J connectivity index is 1.96. The van der Waals surface area contributed by atoms with Gasteiger partial charge in [0.05, 0.1) is 10.2 Å². The summed E-state index contributed by atoms with van der Waals surface area (Å²) in [6.45, 7) is 5.46. The molecule has 6 heteroatoms. The average Bonchev–Trinajstić information content (AvgIpc) is 2.87. The van der Waals surface area contributed by atoms with Crippen LogP contribution < -0.4 is 5.32 Å². The molecule has 0 fully saturated rings. The molecule has 0 radical (unpaired) electrons. The van der Waals surface area contributed by atoms with Crippen LogP contribution in [-0.2, 0) is 4.74 Å². The number of thiazole rings is 1. The fourth-order valence-corrected chi connectivity index (χ4v) is 3.50. The minimum Gasteiger partial charge on any atom is -0.444 e. The monoisotopic (exact) mass is 360 g/mol. The smallest absolute Gasteiger partial charge is 0.413 e. The van der Waals surface area contributed by atoms with Crippen molar-refractivity contribution in [1.82, 2.24) is 4.98 Å². The van der Waals surface area contributed by atoms with Crippen LogP contribution in [0.3, 0.4) is 0 Å². The molecule has 0 unspecified atom stereocenters. The molecular weight excluding hydrogens is 344 g/mol. The Morgan fingerprint density at radius 2 is 1.83 bits per heavy atom. The highest BCUT2D eigenvalue weighted by atomic mass is 35.5. The third kappa shape index (κ3) is 3.68. The number of fused-ring (bicyclic) bond motifs is 1. The van der Waals surface area contributed by atoms with Gasteiger partial charge in [0.1, 0.15) is 5.60 Å². The number of halogens is 1. The van der Waals surface area contributed by atoms with Crippen molar-refractivity contribution in [3.63, 3.8) is 0 Å². The lowest BCUT2D eigenvalue weighted by molar-refractivity contribution is 0.0636. The molecule has 0 aliphatic rings. The molecule has 0 saturated carbocycles. The van der Waals surface area contributed by atoms with Gasteiger partial charge in [-0.3, -0.25) is 5.32 Å². The summed E-state index contributed by atoms with van der Waals surface area (Å²) in [4.78, 5) is 16.4. The molecule has 1 heterocycles. The highest BCUT2D eigenvalue weighted by Gasteiger charge is 2.18. The number of carbonyl (C=O) groups is 1. The summed E-state index contributed by atoms with van der Waals surface area (Å²) in [5, 5.41) is 3.87. The minimum atomic E-state index is -0.552. The van der Waals surface area contributed by atoms with Crippen molar-refractivity contribution in [2.45, 2.75) is 26.4 Å². The first-order valence-electron chi connectivity index (χ1n) is 7.48. The maximum atomic E-state index is 11.9. The molecule has 0 atom stereocenters. The third-order valence-corrected chi connectivity index (χ3v) is 4.54. The number of nitrogens with zero attached hydrogens (tertiary/aromatic N) is 1. The summed E-state index contributed by atoms with van der Waals surface area (Å²) >= 11 is 7.72. The summed E-state index contributed by atoms with van der Waals surface area (Å²) in [5.41, 5.74) is 2.19. The van der Waals surface area contributed by atoms with Crippen LogP contribution in [0, 0.1) is 0 Å². The first-order valence-corrected chi connectivity index (χ1v) is 8.67. The second-order valence-corrected chi connectivity index (χ2v) is 7.69. The van der Waals surface area contributed by atoms with Crippen LogP contribution >= 0.6 is 22.9 Å². The zero-order valence-corrected chi connectivity index (χ0v) is 15.2. The summed E-state index contributed by atoms with van der Waals surface area (Å²) in [6, 6.07) is 13.5. The van der Waals surface area contributed by atoms with Crippen LogP contribution in [0.1, 0.15) is 20.8 Å². The number of hydrogen-bond donors (Lipinski definition) is 1. The van der Waals surface area contributed by atoms with E-state index in [2.05, 4.69) is 10.3 Å². The Morgan fingerprint density at radius 3 is 2.54 bits per heavy atom. The summed E-state index contributed by atoms with van der Waals surface area (Å²) in [6.07, 6.45) is -0.513. The van der Waals surface area contributed by atoms with Crippen molar-refractivity contribution in [3.8, 4) is 11.1 Å². The minimum absolute atomic E-state index is 0.499. The SMILES string of the molecule is CC(C)(C)OC(=O)Nc1nc2cccc(-c3ccccc3Cl)c2s1. The van der Waals surface area contributed by atoms with Gasteiger partial charge < -0.3 is 4.74 Å². The summed E-state index contributed by atoms with van der Waals surface area (Å²) in [5.74, 6) is 0. The number of carbonyl (C=O) groups excluding carboxylic acids is 1. The first-order chi connectivity index (χ1) is 11.3. The maximum absolute atomic E-state index is 11.9. The fourth-order valence-electron chi connectivity index (χ4n) is 2.29. The van der Waals surface area contributed by atoms with E-state index in [1.54, 1.807) is 0 Å². The zero-order chi connectivity index (χ0) is 17.3. The Bertz CT molecular complexity index is 899. The van der Waals surface area contributed by atoms with Crippen LogP contribution in [0.4, 0.5) is 9.93 Å². The van der Waals surface area contributed by atoms with Crippen LogP contribution in [0.5, 0.6) is 0 Å². The molecule has 124 valence electrons. The predicted octanol–water partition coefficient (Wildman–Crippen LogP) is 5.96. The van der Waals surface area contributed by atoms with Gasteiger partial charge in [0.25, 0.3) is 0 Å². The first kappa shape index (κ1) is 16.7. The Morgan fingerprint density at radius 1 is 1.12 bits per heavy atom. The lowest BCUT2D eigenvalue weighted by Crippen LogP contribution is -2.27. The lowest BCUT2D eigenvalue weighted by Gasteiger charge is -2.18. The van der Waals surface area contributed by atoms with Crippen molar-refractivity contribution < 1.29 is 9.53 Å². The van der Waals surface area contributed by atoms with E-state index >= 15 is 0 Å². The largest absolute Gasteiger partial charge is 0.444 e. The van der Waals surface area contributed by atoms with Crippen LogP contribution in [0.2, 0.25) is 5.02 Å². The molecule has 1 N–H and O–H groups in total. The average molecular weight is 361 g/mol. The summed E-state index contributed by atoms with van der Waals surface area (Å²) in [7, 11) is 0.